The molecule has 152 valence electrons. The largest absolute Gasteiger partial charge is 0.390 e. The van der Waals surface area contributed by atoms with Crippen molar-refractivity contribution in [1.29, 1.82) is 10.5 Å². The second-order valence-corrected chi connectivity index (χ2v) is 8.57. The third-order valence-electron chi connectivity index (χ3n) is 5.72. The topological polar surface area (TPSA) is 124 Å². The average Bonchev–Trinajstić information content (AvgIpc) is 3.45. The van der Waals surface area contributed by atoms with Crippen LogP contribution in [0.15, 0.2) is 42.0 Å². The van der Waals surface area contributed by atoms with Crippen LogP contribution in [-0.4, -0.2) is 30.1 Å². The first-order valence-electron chi connectivity index (χ1n) is 9.80. The smallest absolute Gasteiger partial charge is 0.123 e. The zero-order valence-corrected chi connectivity index (χ0v) is 17.2. The van der Waals surface area contributed by atoms with E-state index in [1.54, 1.807) is 17.2 Å². The molecule has 9 heteroatoms. The Bertz CT molecular complexity index is 1350. The van der Waals surface area contributed by atoms with E-state index in [1.807, 2.05) is 29.6 Å². The lowest BCUT2D eigenvalue weighted by Crippen LogP contribution is -2.47. The summed E-state index contributed by atoms with van der Waals surface area (Å²) in [5.74, 6) is -0.0678. The molecule has 1 aromatic carbocycles. The summed E-state index contributed by atoms with van der Waals surface area (Å²) >= 11 is 1.46. The highest BCUT2D eigenvalue weighted by Crippen LogP contribution is 2.45. The van der Waals surface area contributed by atoms with Crippen molar-refractivity contribution in [3.63, 3.8) is 0 Å². The summed E-state index contributed by atoms with van der Waals surface area (Å²) in [5.41, 5.74) is 3.35. The molecule has 5 rings (SSSR count). The predicted octanol–water partition coefficient (Wildman–Crippen LogP) is 3.65. The van der Waals surface area contributed by atoms with Gasteiger partial charge in [0, 0.05) is 28.1 Å². The van der Waals surface area contributed by atoms with Crippen molar-refractivity contribution >= 4 is 22.2 Å². The maximum absolute atomic E-state index is 9.36. The van der Waals surface area contributed by atoms with Crippen LogP contribution >= 0.6 is 11.3 Å². The van der Waals surface area contributed by atoms with E-state index in [9.17, 15) is 15.6 Å². The van der Waals surface area contributed by atoms with Crippen LogP contribution in [0.4, 0.5) is 0 Å². The summed E-state index contributed by atoms with van der Waals surface area (Å²) in [4.78, 5) is 10.6. The molecule has 0 aliphatic heterocycles. The van der Waals surface area contributed by atoms with Gasteiger partial charge in [0.1, 0.15) is 10.7 Å². The SMILES string of the molecule is N#CCC1(n2ncc(-c3cc(-c4nc(CO)cs4)cc4ncccc34)n2)CC(C#N)C1. The molecule has 1 saturated carbocycles. The minimum atomic E-state index is -0.523. The molecule has 3 heterocycles. The van der Waals surface area contributed by atoms with Crippen LogP contribution in [0.5, 0.6) is 0 Å². The van der Waals surface area contributed by atoms with Crippen LogP contribution in [0.3, 0.4) is 0 Å². The van der Waals surface area contributed by atoms with Crippen molar-refractivity contribution in [3.05, 3.63) is 47.7 Å². The molecule has 8 nitrogen and oxygen atoms in total. The highest BCUT2D eigenvalue weighted by atomic mass is 32.1. The van der Waals surface area contributed by atoms with Gasteiger partial charge in [-0.3, -0.25) is 4.98 Å². The van der Waals surface area contributed by atoms with Gasteiger partial charge in [-0.2, -0.15) is 25.5 Å². The number of benzene rings is 1. The molecule has 1 aliphatic carbocycles. The number of pyridine rings is 1. The van der Waals surface area contributed by atoms with E-state index in [4.69, 9.17) is 5.10 Å². The number of thiazole rings is 1. The van der Waals surface area contributed by atoms with Gasteiger partial charge >= 0.3 is 0 Å². The van der Waals surface area contributed by atoms with E-state index in [0.29, 0.717) is 24.2 Å². The summed E-state index contributed by atoms with van der Waals surface area (Å²) in [5, 5.41) is 40.6. The summed E-state index contributed by atoms with van der Waals surface area (Å²) in [7, 11) is 0. The Morgan fingerprint density at radius 3 is 2.90 bits per heavy atom. The Balaban J connectivity index is 1.61. The van der Waals surface area contributed by atoms with Crippen LogP contribution in [0, 0.1) is 28.6 Å². The van der Waals surface area contributed by atoms with Gasteiger partial charge in [-0.1, -0.05) is 6.07 Å². The van der Waals surface area contributed by atoms with Gasteiger partial charge in [0.2, 0.25) is 0 Å². The lowest BCUT2D eigenvalue weighted by molar-refractivity contribution is 0.0713. The molecule has 1 aliphatic rings. The minimum absolute atomic E-state index is 0.0678. The van der Waals surface area contributed by atoms with Crippen molar-refractivity contribution in [2.75, 3.05) is 0 Å². The van der Waals surface area contributed by atoms with E-state index in [0.717, 1.165) is 27.0 Å². The van der Waals surface area contributed by atoms with Crippen molar-refractivity contribution < 1.29 is 5.11 Å². The monoisotopic (exact) mass is 427 g/mol. The lowest BCUT2D eigenvalue weighted by atomic mass is 9.68. The zero-order valence-electron chi connectivity index (χ0n) is 16.4. The third kappa shape index (κ3) is 3.25. The lowest BCUT2D eigenvalue weighted by Gasteiger charge is -2.42. The van der Waals surface area contributed by atoms with E-state index in [1.165, 1.54) is 11.3 Å². The number of nitrogens with zero attached hydrogens (tertiary/aromatic N) is 7. The number of rotatable bonds is 5. The van der Waals surface area contributed by atoms with Gasteiger partial charge < -0.3 is 5.11 Å². The van der Waals surface area contributed by atoms with Gasteiger partial charge in [-0.05, 0) is 31.0 Å². The maximum atomic E-state index is 9.36. The Kier molecular flexibility index (Phi) is 4.70. The molecular weight excluding hydrogens is 410 g/mol. The second kappa shape index (κ2) is 7.55. The number of fused-ring (bicyclic) bond motifs is 1. The van der Waals surface area contributed by atoms with E-state index in [2.05, 4.69) is 27.2 Å². The van der Waals surface area contributed by atoms with Gasteiger partial charge in [0.05, 0.1) is 54.0 Å². The Labute approximate surface area is 182 Å². The number of nitriles is 2. The number of hydrogen-bond donors (Lipinski definition) is 1. The first-order valence-corrected chi connectivity index (χ1v) is 10.7. The van der Waals surface area contributed by atoms with Gasteiger partial charge in [-0.15, -0.1) is 11.3 Å². The molecule has 0 radical (unpaired) electrons. The normalized spacial score (nSPS) is 20.2. The average molecular weight is 427 g/mol. The molecule has 0 unspecified atom stereocenters. The van der Waals surface area contributed by atoms with Crippen molar-refractivity contribution in [1.82, 2.24) is 25.0 Å². The summed E-state index contributed by atoms with van der Waals surface area (Å²) < 4.78 is 0. The van der Waals surface area contributed by atoms with Crippen LogP contribution in [0.25, 0.3) is 32.7 Å². The highest BCUT2D eigenvalue weighted by Gasteiger charge is 2.48. The van der Waals surface area contributed by atoms with Gasteiger partial charge in [0.15, 0.2) is 0 Å². The van der Waals surface area contributed by atoms with Crippen LogP contribution in [0.1, 0.15) is 25.0 Å². The molecule has 0 spiro atoms. The quantitative estimate of drug-likeness (QED) is 0.515. The first kappa shape index (κ1) is 19.3. The molecule has 0 amide bonds. The van der Waals surface area contributed by atoms with Gasteiger partial charge in [0.25, 0.3) is 0 Å². The molecule has 1 fully saturated rings. The Morgan fingerprint density at radius 1 is 1.29 bits per heavy atom. The second-order valence-electron chi connectivity index (χ2n) is 7.71. The molecule has 0 bridgehead atoms. The fraction of sp³-hybridized carbons (Fsp3) is 0.273. The molecule has 3 aromatic heterocycles. The molecular formula is C22H17N7OS. The summed E-state index contributed by atoms with van der Waals surface area (Å²) in [6.45, 7) is -0.103. The third-order valence-corrected chi connectivity index (χ3v) is 6.66. The number of aromatic nitrogens is 5. The summed E-state index contributed by atoms with van der Waals surface area (Å²) in [6, 6.07) is 12.3. The fourth-order valence-electron chi connectivity index (χ4n) is 4.12. The van der Waals surface area contributed by atoms with Crippen LogP contribution in [-0.2, 0) is 12.1 Å². The van der Waals surface area contributed by atoms with Crippen molar-refractivity contribution in [3.8, 4) is 34.0 Å². The maximum Gasteiger partial charge on any atom is 0.123 e. The molecule has 1 N–H and O–H groups in total. The molecule has 0 saturated heterocycles. The number of aliphatic hydroxyl groups is 1. The molecule has 31 heavy (non-hydrogen) atoms. The highest BCUT2D eigenvalue weighted by molar-refractivity contribution is 7.13. The summed E-state index contributed by atoms with van der Waals surface area (Å²) in [6.07, 6.45) is 4.87. The van der Waals surface area contributed by atoms with Crippen LogP contribution < -0.4 is 0 Å². The minimum Gasteiger partial charge on any atom is -0.390 e. The Hall–Kier alpha value is -3.66. The Morgan fingerprint density at radius 2 is 2.16 bits per heavy atom. The molecule has 0 atom stereocenters. The van der Waals surface area contributed by atoms with Crippen LogP contribution in [0.2, 0.25) is 0 Å². The first-order chi connectivity index (χ1) is 15.2. The van der Waals surface area contributed by atoms with Gasteiger partial charge in [-0.25, -0.2) is 4.98 Å². The number of aliphatic hydroxyl groups excluding tert-OH is 1. The number of hydrogen-bond acceptors (Lipinski definition) is 8. The predicted molar refractivity (Wildman–Crippen MR) is 114 cm³/mol. The van der Waals surface area contributed by atoms with E-state index in [-0.39, 0.29) is 18.9 Å². The van der Waals surface area contributed by atoms with Crippen molar-refractivity contribution in [2.24, 2.45) is 5.92 Å². The fourth-order valence-corrected chi connectivity index (χ4v) is 4.92. The van der Waals surface area contributed by atoms with Crippen molar-refractivity contribution in [2.45, 2.75) is 31.4 Å². The zero-order chi connectivity index (χ0) is 21.4. The standard InChI is InChI=1S/C22H17N7OS/c23-4-3-22(8-14(9-22)10-24)29-26-11-20(28-29)18-6-15(21-27-16(12-30)13-31-21)7-19-17(18)2-1-5-25-19/h1-2,5-7,11,13-14,30H,3,8-9,12H2. The molecule has 4 aromatic rings. The van der Waals surface area contributed by atoms with E-state index < -0.39 is 5.54 Å². The van der Waals surface area contributed by atoms with E-state index >= 15 is 0 Å².